The van der Waals surface area contributed by atoms with Crippen LogP contribution in [-0.2, 0) is 9.59 Å². The lowest BCUT2D eigenvalue weighted by Crippen LogP contribution is -2.48. The molecule has 0 aromatic heterocycles. The van der Waals surface area contributed by atoms with E-state index >= 15 is 0 Å². The van der Waals surface area contributed by atoms with Crippen LogP contribution in [0.2, 0.25) is 5.02 Å². The van der Waals surface area contributed by atoms with Gasteiger partial charge in [-0.25, -0.2) is 4.39 Å². The van der Waals surface area contributed by atoms with Crippen molar-refractivity contribution in [3.8, 4) is 5.75 Å². The van der Waals surface area contributed by atoms with E-state index in [0.717, 1.165) is 19.3 Å². The molecule has 2 amide bonds. The van der Waals surface area contributed by atoms with E-state index in [4.69, 9.17) is 16.3 Å². The number of nitrogens with zero attached hydrogens (tertiary/aromatic N) is 1. The average Bonchev–Trinajstić information content (AvgIpc) is 2.75. The predicted molar refractivity (Wildman–Crippen MR) is 118 cm³/mol. The third-order valence-corrected chi connectivity index (χ3v) is 6.20. The third kappa shape index (κ3) is 4.59. The minimum Gasteiger partial charge on any atom is -0.449 e. The normalized spacial score (nSPS) is 22.1. The number of ether oxygens (including phenoxy) is 1. The first-order valence-electron chi connectivity index (χ1n) is 10.5. The van der Waals surface area contributed by atoms with Gasteiger partial charge >= 0.3 is 0 Å². The molecule has 0 saturated heterocycles. The van der Waals surface area contributed by atoms with Crippen molar-refractivity contribution >= 4 is 35.2 Å². The van der Waals surface area contributed by atoms with Gasteiger partial charge in [-0.05, 0) is 49.1 Å². The Hall–Kier alpha value is -2.86. The smallest absolute Gasteiger partial charge is 0.294 e. The number of rotatable bonds is 4. The number of hydrogen-bond donors (Lipinski definition) is 1. The Bertz CT molecular complexity index is 1020. The molecule has 1 aliphatic heterocycles. The predicted octanol–water partition coefficient (Wildman–Crippen LogP) is 4.94. The number of anilines is 1. The third-order valence-electron chi connectivity index (χ3n) is 5.87. The number of carbonyl (C=O) groups is 2. The van der Waals surface area contributed by atoms with Crippen LogP contribution in [-0.4, -0.2) is 24.4 Å². The lowest BCUT2D eigenvalue weighted by atomic mass is 9.86. The maximum Gasteiger partial charge on any atom is 0.294 e. The van der Waals surface area contributed by atoms with E-state index in [1.165, 1.54) is 35.6 Å². The van der Waals surface area contributed by atoms with E-state index in [1.807, 2.05) is 0 Å². The van der Waals surface area contributed by atoms with Gasteiger partial charge in [0.1, 0.15) is 12.4 Å². The van der Waals surface area contributed by atoms with Crippen LogP contribution in [0.15, 0.2) is 48.2 Å². The summed E-state index contributed by atoms with van der Waals surface area (Å²) in [6, 6.07) is 11.4. The Kier molecular flexibility index (Phi) is 6.28. The second-order valence-electron chi connectivity index (χ2n) is 8.04. The highest BCUT2D eigenvalue weighted by molar-refractivity contribution is 6.32. The van der Waals surface area contributed by atoms with Gasteiger partial charge < -0.3 is 10.1 Å². The molecule has 1 fully saturated rings. The summed E-state index contributed by atoms with van der Waals surface area (Å²) in [5, 5.41) is 3.24. The molecule has 5 nitrogen and oxygen atoms in total. The number of hydrogen-bond acceptors (Lipinski definition) is 3. The summed E-state index contributed by atoms with van der Waals surface area (Å²) in [4.78, 5) is 27.4. The number of nitrogens with one attached hydrogen (secondary N) is 1. The minimum atomic E-state index is -0.564. The molecule has 2 aromatic carbocycles. The minimum absolute atomic E-state index is 0.0623. The lowest BCUT2D eigenvalue weighted by Gasteiger charge is -2.32. The summed E-state index contributed by atoms with van der Waals surface area (Å²) in [5.41, 5.74) is 0.559. The van der Waals surface area contributed by atoms with Gasteiger partial charge in [-0.3, -0.25) is 14.5 Å². The van der Waals surface area contributed by atoms with Gasteiger partial charge in [0.25, 0.3) is 5.91 Å². The van der Waals surface area contributed by atoms with E-state index in [9.17, 15) is 14.0 Å². The molecule has 1 heterocycles. The molecule has 2 aromatic rings. The van der Waals surface area contributed by atoms with Gasteiger partial charge in [0.2, 0.25) is 5.91 Å². The van der Waals surface area contributed by atoms with Gasteiger partial charge in [0, 0.05) is 11.6 Å². The molecular formula is C24H24ClFN2O3. The molecule has 162 valence electrons. The van der Waals surface area contributed by atoms with Crippen molar-refractivity contribution in [3.63, 3.8) is 0 Å². The fourth-order valence-corrected chi connectivity index (χ4v) is 4.34. The van der Waals surface area contributed by atoms with Crippen LogP contribution in [0.5, 0.6) is 5.75 Å². The molecule has 0 radical (unpaired) electrons. The molecule has 1 aliphatic carbocycles. The molecular weight excluding hydrogens is 419 g/mol. The first-order chi connectivity index (χ1) is 14.9. The van der Waals surface area contributed by atoms with Gasteiger partial charge in [-0.2, -0.15) is 0 Å². The number of benzene rings is 2. The summed E-state index contributed by atoms with van der Waals surface area (Å²) >= 11 is 6.11. The zero-order valence-electron chi connectivity index (χ0n) is 17.2. The van der Waals surface area contributed by atoms with Crippen molar-refractivity contribution in [2.75, 3.05) is 11.4 Å². The molecule has 4 rings (SSSR count). The molecule has 2 aliphatic rings. The fraction of sp³-hybridized carbons (Fsp3) is 0.333. The van der Waals surface area contributed by atoms with Crippen molar-refractivity contribution in [3.05, 3.63) is 64.6 Å². The highest BCUT2D eigenvalue weighted by atomic mass is 35.5. The summed E-state index contributed by atoms with van der Waals surface area (Å²) in [5.74, 6) is -0.587. The van der Waals surface area contributed by atoms with E-state index < -0.39 is 11.7 Å². The number of halogens is 2. The second-order valence-corrected chi connectivity index (χ2v) is 8.45. The molecule has 0 unspecified atom stereocenters. The number of fused-ring (bicyclic) bond motifs is 1. The Morgan fingerprint density at radius 3 is 2.77 bits per heavy atom. The van der Waals surface area contributed by atoms with Crippen molar-refractivity contribution in [1.29, 1.82) is 0 Å². The zero-order valence-corrected chi connectivity index (χ0v) is 18.0. The van der Waals surface area contributed by atoms with Crippen LogP contribution in [0.1, 0.15) is 38.2 Å². The molecule has 0 bridgehead atoms. The molecule has 31 heavy (non-hydrogen) atoms. The zero-order chi connectivity index (χ0) is 22.0. The van der Waals surface area contributed by atoms with Crippen LogP contribution in [0, 0.1) is 11.7 Å². The summed E-state index contributed by atoms with van der Waals surface area (Å²) < 4.78 is 20.0. The first-order valence-corrected chi connectivity index (χ1v) is 10.9. The lowest BCUT2D eigenvalue weighted by molar-refractivity contribution is -0.124. The highest BCUT2D eigenvalue weighted by Crippen LogP contribution is 2.36. The van der Waals surface area contributed by atoms with Crippen molar-refractivity contribution in [1.82, 2.24) is 5.32 Å². The highest BCUT2D eigenvalue weighted by Gasteiger charge is 2.33. The number of amides is 2. The molecule has 2 atom stereocenters. The molecule has 0 spiro atoms. The molecule has 7 heteroatoms. The summed E-state index contributed by atoms with van der Waals surface area (Å²) in [6.45, 7) is 1.99. The second kappa shape index (κ2) is 9.10. The van der Waals surface area contributed by atoms with Gasteiger partial charge in [0.15, 0.2) is 11.5 Å². The Morgan fingerprint density at radius 1 is 1.23 bits per heavy atom. The van der Waals surface area contributed by atoms with Crippen LogP contribution in [0.3, 0.4) is 0 Å². The van der Waals surface area contributed by atoms with E-state index in [-0.39, 0.29) is 34.8 Å². The van der Waals surface area contributed by atoms with Crippen molar-refractivity contribution < 1.29 is 18.7 Å². The van der Waals surface area contributed by atoms with Crippen molar-refractivity contribution in [2.45, 2.75) is 38.6 Å². The maximum absolute atomic E-state index is 14.3. The Labute approximate surface area is 185 Å². The maximum atomic E-state index is 14.3. The van der Waals surface area contributed by atoms with E-state index in [0.29, 0.717) is 17.4 Å². The largest absolute Gasteiger partial charge is 0.449 e. The van der Waals surface area contributed by atoms with Crippen LogP contribution >= 0.6 is 11.6 Å². The quantitative estimate of drug-likeness (QED) is 0.682. The molecule has 1 saturated carbocycles. The van der Waals surface area contributed by atoms with E-state index in [1.54, 1.807) is 24.3 Å². The Balaban J connectivity index is 1.61. The van der Waals surface area contributed by atoms with Crippen LogP contribution in [0.25, 0.3) is 6.08 Å². The fourth-order valence-electron chi connectivity index (χ4n) is 4.13. The van der Waals surface area contributed by atoms with Gasteiger partial charge in [-0.1, -0.05) is 49.6 Å². The monoisotopic (exact) mass is 442 g/mol. The van der Waals surface area contributed by atoms with E-state index in [2.05, 4.69) is 12.2 Å². The number of para-hydroxylation sites is 2. The van der Waals surface area contributed by atoms with Crippen LogP contribution in [0.4, 0.5) is 10.1 Å². The first kappa shape index (κ1) is 21.4. The van der Waals surface area contributed by atoms with Crippen LogP contribution < -0.4 is 15.0 Å². The Morgan fingerprint density at radius 2 is 2.00 bits per heavy atom. The average molecular weight is 443 g/mol. The SMILES string of the molecule is C[C@@H]1CCCC[C@H]1NC(=O)CN1C(=O)/C(=C/c2c(F)cccc2Cl)Oc2ccccc21. The topological polar surface area (TPSA) is 58.6 Å². The number of carbonyl (C=O) groups excluding carboxylic acids is 2. The van der Waals surface area contributed by atoms with Gasteiger partial charge in [-0.15, -0.1) is 0 Å². The molecule has 1 N–H and O–H groups in total. The standard InChI is InChI=1S/C24H24ClFN2O3/c1-15-7-2-3-10-19(15)27-23(29)14-28-20-11-4-5-12-21(20)31-22(24(28)30)13-16-17(25)8-6-9-18(16)26/h4-6,8-9,11-13,15,19H,2-3,7,10,14H2,1H3,(H,27,29)/b22-13-/t15-,19-/m1/s1. The van der Waals surface area contributed by atoms with Crippen molar-refractivity contribution in [2.24, 2.45) is 5.92 Å². The van der Waals surface area contributed by atoms with Gasteiger partial charge in [0.05, 0.1) is 10.7 Å². The summed E-state index contributed by atoms with van der Waals surface area (Å²) in [7, 11) is 0. The summed E-state index contributed by atoms with van der Waals surface area (Å²) in [6.07, 6.45) is 5.57.